The van der Waals surface area contributed by atoms with Crippen molar-refractivity contribution in [2.75, 3.05) is 0 Å². The molecule has 4 heteroatoms. The quantitative estimate of drug-likeness (QED) is 0.834. The van der Waals surface area contributed by atoms with Crippen LogP contribution in [0, 0.1) is 5.82 Å². The number of primary amides is 1. The number of nitrogens with zero attached hydrogens (tertiary/aromatic N) is 1. The van der Waals surface area contributed by atoms with Gasteiger partial charge in [-0.1, -0.05) is 12.1 Å². The second-order valence-electron chi connectivity index (χ2n) is 3.28. The van der Waals surface area contributed by atoms with Gasteiger partial charge in [-0.25, -0.2) is 4.39 Å². The molecule has 1 aromatic heterocycles. The molecule has 2 rings (SSSR count). The van der Waals surface area contributed by atoms with Gasteiger partial charge >= 0.3 is 0 Å². The summed E-state index contributed by atoms with van der Waals surface area (Å²) in [6.45, 7) is 0. The minimum Gasteiger partial charge on any atom is -0.366 e. The van der Waals surface area contributed by atoms with Crippen LogP contribution in [0.2, 0.25) is 0 Å². The first-order valence-corrected chi connectivity index (χ1v) is 4.69. The summed E-state index contributed by atoms with van der Waals surface area (Å²) >= 11 is 0. The lowest BCUT2D eigenvalue weighted by molar-refractivity contribution is 0.100. The zero-order chi connectivity index (χ0) is 11.5. The second kappa shape index (κ2) is 4.10. The summed E-state index contributed by atoms with van der Waals surface area (Å²) < 4.78 is 13.4. The molecule has 0 saturated carbocycles. The van der Waals surface area contributed by atoms with Crippen LogP contribution in [0.5, 0.6) is 0 Å². The van der Waals surface area contributed by atoms with E-state index in [1.165, 1.54) is 24.4 Å². The number of halogens is 1. The maximum absolute atomic E-state index is 13.4. The van der Waals surface area contributed by atoms with Crippen LogP contribution in [-0.2, 0) is 0 Å². The maximum Gasteiger partial charge on any atom is 0.248 e. The number of hydrogen-bond acceptors (Lipinski definition) is 2. The average molecular weight is 216 g/mol. The summed E-state index contributed by atoms with van der Waals surface area (Å²) in [5, 5.41) is 0. The van der Waals surface area contributed by atoms with Gasteiger partial charge in [-0.05, 0) is 24.3 Å². The van der Waals surface area contributed by atoms with E-state index in [9.17, 15) is 9.18 Å². The van der Waals surface area contributed by atoms with E-state index in [-0.39, 0.29) is 5.69 Å². The Bertz CT molecular complexity index is 540. The second-order valence-corrected chi connectivity index (χ2v) is 3.28. The third-order valence-electron chi connectivity index (χ3n) is 2.18. The lowest BCUT2D eigenvalue weighted by Crippen LogP contribution is -2.10. The summed E-state index contributed by atoms with van der Waals surface area (Å²) in [6, 6.07) is 9.25. The van der Waals surface area contributed by atoms with Crippen LogP contribution in [0.15, 0.2) is 42.6 Å². The predicted octanol–water partition coefficient (Wildman–Crippen LogP) is 1.99. The van der Waals surface area contributed by atoms with Crippen molar-refractivity contribution in [3.8, 4) is 11.3 Å². The predicted molar refractivity (Wildman–Crippen MR) is 58.1 cm³/mol. The molecule has 0 aliphatic rings. The highest BCUT2D eigenvalue weighted by Crippen LogP contribution is 2.20. The van der Waals surface area contributed by atoms with Gasteiger partial charge in [0.05, 0.1) is 0 Å². The highest BCUT2D eigenvalue weighted by Gasteiger charge is 2.07. The molecule has 0 spiro atoms. The smallest absolute Gasteiger partial charge is 0.248 e. The normalized spacial score (nSPS) is 10.1. The molecule has 1 amide bonds. The molecular formula is C12H9FN2O. The van der Waals surface area contributed by atoms with Gasteiger partial charge in [-0.3, -0.25) is 9.78 Å². The van der Waals surface area contributed by atoms with Crippen molar-refractivity contribution in [3.63, 3.8) is 0 Å². The van der Waals surface area contributed by atoms with Crippen LogP contribution in [0.1, 0.15) is 10.4 Å². The van der Waals surface area contributed by atoms with E-state index in [1.807, 2.05) is 0 Å². The molecule has 16 heavy (non-hydrogen) atoms. The summed E-state index contributed by atoms with van der Waals surface area (Å²) in [5.74, 6) is -0.970. The van der Waals surface area contributed by atoms with Crippen molar-refractivity contribution >= 4 is 5.91 Å². The van der Waals surface area contributed by atoms with Gasteiger partial charge in [0, 0.05) is 17.3 Å². The van der Waals surface area contributed by atoms with E-state index in [1.54, 1.807) is 18.2 Å². The van der Waals surface area contributed by atoms with E-state index in [2.05, 4.69) is 4.98 Å². The molecule has 0 bridgehead atoms. The molecule has 0 atom stereocenters. The Morgan fingerprint density at radius 2 is 2.06 bits per heavy atom. The Balaban J connectivity index is 2.53. The highest BCUT2D eigenvalue weighted by atomic mass is 19.1. The summed E-state index contributed by atoms with van der Waals surface area (Å²) in [7, 11) is 0. The SMILES string of the molecule is NC(=O)c1cccc(-c2ncccc2F)c1. The molecule has 2 aromatic rings. The lowest BCUT2D eigenvalue weighted by atomic mass is 10.1. The fourth-order valence-corrected chi connectivity index (χ4v) is 1.42. The monoisotopic (exact) mass is 216 g/mol. The van der Waals surface area contributed by atoms with Crippen LogP contribution in [-0.4, -0.2) is 10.9 Å². The van der Waals surface area contributed by atoms with Crippen molar-refractivity contribution < 1.29 is 9.18 Å². The third-order valence-corrected chi connectivity index (χ3v) is 2.18. The number of aromatic nitrogens is 1. The van der Waals surface area contributed by atoms with Gasteiger partial charge in [0.15, 0.2) is 0 Å². The van der Waals surface area contributed by atoms with Gasteiger partial charge in [-0.2, -0.15) is 0 Å². The first-order valence-electron chi connectivity index (χ1n) is 4.69. The van der Waals surface area contributed by atoms with Crippen LogP contribution < -0.4 is 5.73 Å². The molecule has 2 N–H and O–H groups in total. The standard InChI is InChI=1S/C12H9FN2O/c13-10-5-2-6-15-11(10)8-3-1-4-9(7-8)12(14)16/h1-7H,(H2,14,16). The van der Waals surface area contributed by atoms with Gasteiger partial charge in [0.1, 0.15) is 11.5 Å². The highest BCUT2D eigenvalue weighted by molar-refractivity contribution is 5.93. The number of hydrogen-bond donors (Lipinski definition) is 1. The molecule has 0 fully saturated rings. The third kappa shape index (κ3) is 1.91. The van der Waals surface area contributed by atoms with Gasteiger partial charge in [0.2, 0.25) is 5.91 Å². The lowest BCUT2D eigenvalue weighted by Gasteiger charge is -2.03. The van der Waals surface area contributed by atoms with Crippen molar-refractivity contribution in [1.82, 2.24) is 4.98 Å². The molecule has 3 nitrogen and oxygen atoms in total. The van der Waals surface area contributed by atoms with Crippen molar-refractivity contribution in [2.45, 2.75) is 0 Å². The summed E-state index contributed by atoms with van der Waals surface area (Å²) in [5.41, 5.74) is 6.23. The molecule has 0 aliphatic heterocycles. The minimum absolute atomic E-state index is 0.214. The van der Waals surface area contributed by atoms with Gasteiger partial charge in [-0.15, -0.1) is 0 Å². The number of benzene rings is 1. The van der Waals surface area contributed by atoms with Crippen molar-refractivity contribution in [1.29, 1.82) is 0 Å². The number of pyridine rings is 1. The van der Waals surface area contributed by atoms with E-state index in [0.29, 0.717) is 11.1 Å². The Kier molecular flexibility index (Phi) is 2.64. The molecule has 1 aromatic carbocycles. The average Bonchev–Trinajstić information content (AvgIpc) is 2.30. The van der Waals surface area contributed by atoms with Crippen molar-refractivity contribution in [2.24, 2.45) is 5.73 Å². The summed E-state index contributed by atoms with van der Waals surface area (Å²) in [6.07, 6.45) is 1.50. The molecule has 1 heterocycles. The largest absolute Gasteiger partial charge is 0.366 e. The van der Waals surface area contributed by atoms with E-state index < -0.39 is 11.7 Å². The summed E-state index contributed by atoms with van der Waals surface area (Å²) in [4.78, 5) is 14.9. The Labute approximate surface area is 91.7 Å². The molecule has 0 radical (unpaired) electrons. The maximum atomic E-state index is 13.4. The molecular weight excluding hydrogens is 207 g/mol. The zero-order valence-corrected chi connectivity index (χ0v) is 8.35. The fourth-order valence-electron chi connectivity index (χ4n) is 1.42. The number of amides is 1. The minimum atomic E-state index is -0.543. The number of rotatable bonds is 2. The molecule has 80 valence electrons. The van der Waals surface area contributed by atoms with Gasteiger partial charge < -0.3 is 5.73 Å². The van der Waals surface area contributed by atoms with E-state index >= 15 is 0 Å². The Morgan fingerprint density at radius 1 is 1.25 bits per heavy atom. The van der Waals surface area contributed by atoms with E-state index in [4.69, 9.17) is 5.73 Å². The topological polar surface area (TPSA) is 56.0 Å². The van der Waals surface area contributed by atoms with Crippen molar-refractivity contribution in [3.05, 3.63) is 54.0 Å². The van der Waals surface area contributed by atoms with Crippen LogP contribution in [0.3, 0.4) is 0 Å². The van der Waals surface area contributed by atoms with Crippen LogP contribution >= 0.6 is 0 Å². The molecule has 0 unspecified atom stereocenters. The zero-order valence-electron chi connectivity index (χ0n) is 8.35. The Hall–Kier alpha value is -2.23. The van der Waals surface area contributed by atoms with E-state index in [0.717, 1.165) is 0 Å². The Morgan fingerprint density at radius 3 is 2.75 bits per heavy atom. The number of carbonyl (C=O) groups is 1. The molecule has 0 aliphatic carbocycles. The fraction of sp³-hybridized carbons (Fsp3) is 0. The first kappa shape index (κ1) is 10.3. The van der Waals surface area contributed by atoms with Crippen LogP contribution in [0.4, 0.5) is 4.39 Å². The van der Waals surface area contributed by atoms with Crippen LogP contribution in [0.25, 0.3) is 11.3 Å². The van der Waals surface area contributed by atoms with Gasteiger partial charge in [0.25, 0.3) is 0 Å². The first-order chi connectivity index (χ1) is 7.68. The number of nitrogens with two attached hydrogens (primary N) is 1. The number of carbonyl (C=O) groups excluding carboxylic acids is 1. The molecule has 0 saturated heterocycles.